The van der Waals surface area contributed by atoms with E-state index in [4.69, 9.17) is 4.74 Å². The fourth-order valence-corrected chi connectivity index (χ4v) is 2.57. The van der Waals surface area contributed by atoms with Crippen LogP contribution in [0.4, 0.5) is 0 Å². The Labute approximate surface area is 125 Å². The zero-order valence-electron chi connectivity index (χ0n) is 14.3. The molecule has 0 aliphatic rings. The lowest BCUT2D eigenvalue weighted by Crippen LogP contribution is -2.55. The highest BCUT2D eigenvalue weighted by Gasteiger charge is 2.38. The zero-order valence-corrected chi connectivity index (χ0v) is 14.3. The molecule has 0 saturated heterocycles. The summed E-state index contributed by atoms with van der Waals surface area (Å²) in [6.07, 6.45) is 2.68. The molecule has 0 heterocycles. The van der Waals surface area contributed by atoms with E-state index in [0.29, 0.717) is 5.92 Å². The Balaban J connectivity index is 4.71. The van der Waals surface area contributed by atoms with Gasteiger partial charge in [0.25, 0.3) is 0 Å². The molecule has 1 N–H and O–H groups in total. The molecule has 0 saturated carbocycles. The van der Waals surface area contributed by atoms with Gasteiger partial charge in [0, 0.05) is 13.1 Å². The Bertz CT molecular complexity index is 267. The Morgan fingerprint density at radius 1 is 1.25 bits per heavy atom. The summed E-state index contributed by atoms with van der Waals surface area (Å²) in [5.41, 5.74) is -0.530. The number of hydrogen-bond donors (Lipinski definition) is 1. The van der Waals surface area contributed by atoms with Crippen LogP contribution in [0.25, 0.3) is 0 Å². The van der Waals surface area contributed by atoms with E-state index >= 15 is 0 Å². The number of likely N-dealkylation sites (N-methyl/N-ethyl adjacent to an activating group) is 1. The van der Waals surface area contributed by atoms with Crippen molar-refractivity contribution < 1.29 is 9.53 Å². The molecule has 20 heavy (non-hydrogen) atoms. The second-order valence-corrected chi connectivity index (χ2v) is 5.60. The number of nitrogens with zero attached hydrogens (tertiary/aromatic N) is 1. The van der Waals surface area contributed by atoms with Gasteiger partial charge in [-0.25, -0.2) is 0 Å². The molecule has 0 radical (unpaired) electrons. The molecule has 4 heteroatoms. The summed E-state index contributed by atoms with van der Waals surface area (Å²) >= 11 is 0. The maximum atomic E-state index is 12.2. The summed E-state index contributed by atoms with van der Waals surface area (Å²) in [6, 6.07) is 0. The first kappa shape index (κ1) is 19.4. The van der Waals surface area contributed by atoms with E-state index in [1.165, 1.54) is 7.11 Å². The highest BCUT2D eigenvalue weighted by Crippen LogP contribution is 2.24. The summed E-state index contributed by atoms with van der Waals surface area (Å²) in [4.78, 5) is 14.6. The number of methoxy groups -OCH3 is 1. The largest absolute Gasteiger partial charge is 0.468 e. The molecule has 0 aromatic carbocycles. The van der Waals surface area contributed by atoms with Crippen LogP contribution < -0.4 is 5.32 Å². The van der Waals surface area contributed by atoms with Crippen LogP contribution in [0.15, 0.2) is 0 Å². The topological polar surface area (TPSA) is 41.6 Å². The highest BCUT2D eigenvalue weighted by atomic mass is 16.5. The Morgan fingerprint density at radius 2 is 1.85 bits per heavy atom. The molecule has 0 aliphatic carbocycles. The number of nitrogens with one attached hydrogen (secondary N) is 1. The number of carbonyl (C=O) groups is 1. The maximum absolute atomic E-state index is 12.2. The highest BCUT2D eigenvalue weighted by molar-refractivity contribution is 5.80. The quantitative estimate of drug-likeness (QED) is 0.593. The third kappa shape index (κ3) is 5.80. The molecule has 0 aromatic heterocycles. The van der Waals surface area contributed by atoms with Crippen LogP contribution >= 0.6 is 0 Å². The fraction of sp³-hybridized carbons (Fsp3) is 0.938. The minimum Gasteiger partial charge on any atom is -0.468 e. The summed E-state index contributed by atoms with van der Waals surface area (Å²) in [6.45, 7) is 14.6. The average Bonchev–Trinajstić information content (AvgIpc) is 2.49. The lowest BCUT2D eigenvalue weighted by molar-refractivity contribution is -0.149. The summed E-state index contributed by atoms with van der Waals surface area (Å²) < 4.78 is 5.05. The molecule has 0 bridgehead atoms. The van der Waals surface area contributed by atoms with E-state index in [0.717, 1.165) is 45.4 Å². The van der Waals surface area contributed by atoms with Crippen molar-refractivity contribution in [3.63, 3.8) is 0 Å². The number of rotatable bonds is 11. The molecule has 0 fully saturated rings. The van der Waals surface area contributed by atoms with Crippen molar-refractivity contribution in [1.82, 2.24) is 10.2 Å². The number of esters is 1. The van der Waals surface area contributed by atoms with E-state index in [1.54, 1.807) is 0 Å². The van der Waals surface area contributed by atoms with Crippen molar-refractivity contribution in [2.45, 2.75) is 59.4 Å². The molecule has 0 aromatic rings. The molecule has 2 atom stereocenters. The number of carbonyl (C=O) groups excluding carboxylic acids is 1. The van der Waals surface area contributed by atoms with E-state index in [-0.39, 0.29) is 5.97 Å². The standard InChI is InChI=1S/C16H34N2O2/c1-7-14(5)13-16(8-2,15(19)20-6)17-11-12-18(9-3)10-4/h14,17H,7-13H2,1-6H3. The smallest absolute Gasteiger partial charge is 0.326 e. The van der Waals surface area contributed by atoms with Gasteiger partial charge in [-0.05, 0) is 31.8 Å². The van der Waals surface area contributed by atoms with Crippen LogP contribution in [0.2, 0.25) is 0 Å². The maximum Gasteiger partial charge on any atom is 0.326 e. The first-order chi connectivity index (χ1) is 9.49. The van der Waals surface area contributed by atoms with Gasteiger partial charge in [0.05, 0.1) is 7.11 Å². The van der Waals surface area contributed by atoms with Crippen molar-refractivity contribution in [2.75, 3.05) is 33.3 Å². The van der Waals surface area contributed by atoms with Crippen LogP contribution in [0.1, 0.15) is 53.9 Å². The number of hydrogen-bond acceptors (Lipinski definition) is 4. The van der Waals surface area contributed by atoms with Gasteiger partial charge in [-0.2, -0.15) is 0 Å². The van der Waals surface area contributed by atoms with Crippen LogP contribution in [0.3, 0.4) is 0 Å². The molecule has 0 rings (SSSR count). The van der Waals surface area contributed by atoms with Crippen molar-refractivity contribution in [2.24, 2.45) is 5.92 Å². The molecular weight excluding hydrogens is 252 g/mol. The van der Waals surface area contributed by atoms with E-state index < -0.39 is 5.54 Å². The Morgan fingerprint density at radius 3 is 2.25 bits per heavy atom. The van der Waals surface area contributed by atoms with Gasteiger partial charge >= 0.3 is 5.97 Å². The Kier molecular flexibility index (Phi) is 9.86. The van der Waals surface area contributed by atoms with E-state index in [2.05, 4.69) is 44.8 Å². The van der Waals surface area contributed by atoms with Crippen LogP contribution in [-0.4, -0.2) is 49.7 Å². The van der Waals surface area contributed by atoms with Gasteiger partial charge in [-0.3, -0.25) is 4.79 Å². The second kappa shape index (κ2) is 10.2. The normalized spacial score (nSPS) is 15.9. The predicted octanol–water partition coefficient (Wildman–Crippen LogP) is 2.68. The predicted molar refractivity (Wildman–Crippen MR) is 84.9 cm³/mol. The van der Waals surface area contributed by atoms with Crippen molar-refractivity contribution >= 4 is 5.97 Å². The Hall–Kier alpha value is -0.610. The molecule has 0 aliphatic heterocycles. The SMILES string of the molecule is CCC(C)CC(CC)(NCCN(CC)CC)C(=O)OC. The average molecular weight is 286 g/mol. The minimum absolute atomic E-state index is 0.125. The van der Waals surface area contributed by atoms with Crippen LogP contribution in [0.5, 0.6) is 0 Å². The monoisotopic (exact) mass is 286 g/mol. The van der Waals surface area contributed by atoms with Crippen molar-refractivity contribution in [3.8, 4) is 0 Å². The van der Waals surface area contributed by atoms with E-state index in [9.17, 15) is 4.79 Å². The molecule has 0 spiro atoms. The second-order valence-electron chi connectivity index (χ2n) is 5.60. The third-order valence-corrected chi connectivity index (χ3v) is 4.36. The van der Waals surface area contributed by atoms with Crippen molar-refractivity contribution in [1.29, 1.82) is 0 Å². The van der Waals surface area contributed by atoms with Gasteiger partial charge in [-0.1, -0.05) is 41.0 Å². The van der Waals surface area contributed by atoms with Gasteiger partial charge in [0.2, 0.25) is 0 Å². The lowest BCUT2D eigenvalue weighted by atomic mass is 9.84. The number of ether oxygens (including phenoxy) is 1. The first-order valence-electron chi connectivity index (χ1n) is 8.05. The molecular formula is C16H34N2O2. The van der Waals surface area contributed by atoms with E-state index in [1.807, 2.05) is 0 Å². The van der Waals surface area contributed by atoms with Crippen LogP contribution in [0, 0.1) is 5.92 Å². The van der Waals surface area contributed by atoms with Gasteiger partial charge in [0.15, 0.2) is 0 Å². The third-order valence-electron chi connectivity index (χ3n) is 4.36. The molecule has 0 amide bonds. The summed E-state index contributed by atoms with van der Waals surface area (Å²) in [5, 5.41) is 3.48. The fourth-order valence-electron chi connectivity index (χ4n) is 2.57. The van der Waals surface area contributed by atoms with Crippen molar-refractivity contribution in [3.05, 3.63) is 0 Å². The molecule has 4 nitrogen and oxygen atoms in total. The summed E-state index contributed by atoms with van der Waals surface area (Å²) in [7, 11) is 1.48. The zero-order chi connectivity index (χ0) is 15.6. The van der Waals surface area contributed by atoms with Gasteiger partial charge in [0.1, 0.15) is 5.54 Å². The minimum atomic E-state index is -0.530. The summed E-state index contributed by atoms with van der Waals surface area (Å²) in [5.74, 6) is 0.384. The first-order valence-corrected chi connectivity index (χ1v) is 8.05. The van der Waals surface area contributed by atoms with Gasteiger partial charge in [-0.15, -0.1) is 0 Å². The molecule has 2 unspecified atom stereocenters. The lowest BCUT2D eigenvalue weighted by Gasteiger charge is -2.34. The van der Waals surface area contributed by atoms with Crippen LogP contribution in [-0.2, 0) is 9.53 Å². The van der Waals surface area contributed by atoms with Gasteiger partial charge < -0.3 is 15.0 Å². The molecule has 120 valence electrons.